The largest absolute Gasteiger partial charge is 0.426 e. The van der Waals surface area contributed by atoms with Crippen LogP contribution < -0.4 is 4.74 Å². The summed E-state index contributed by atoms with van der Waals surface area (Å²) in [5.74, 6) is 1.19. The monoisotopic (exact) mass is 371 g/mol. The van der Waals surface area contributed by atoms with Gasteiger partial charge in [-0.15, -0.1) is 5.10 Å². The lowest BCUT2D eigenvalue weighted by Crippen LogP contribution is -1.91. The Bertz CT molecular complexity index is 1150. The second-order valence-electron chi connectivity index (χ2n) is 5.80. The third-order valence-electron chi connectivity index (χ3n) is 3.96. The van der Waals surface area contributed by atoms with Crippen LogP contribution in [0.1, 0.15) is 0 Å². The molecular formula is C20H13N5OS. The lowest BCUT2D eigenvalue weighted by atomic mass is 10.2. The highest BCUT2D eigenvalue weighted by atomic mass is 32.1. The number of rotatable bonds is 4. The van der Waals surface area contributed by atoms with Crippen LogP contribution in [0.25, 0.3) is 27.6 Å². The molecule has 0 spiro atoms. The van der Waals surface area contributed by atoms with E-state index in [-0.39, 0.29) is 0 Å². The Morgan fingerprint density at radius 1 is 0.815 bits per heavy atom. The molecule has 0 atom stereocenters. The minimum absolute atomic E-state index is 0.494. The van der Waals surface area contributed by atoms with Gasteiger partial charge in [-0.25, -0.2) is 19.5 Å². The molecule has 0 fully saturated rings. The molecule has 5 aromatic rings. The minimum Gasteiger partial charge on any atom is -0.426 e. The molecule has 2 aromatic carbocycles. The van der Waals surface area contributed by atoms with Gasteiger partial charge in [-0.05, 0) is 11.3 Å². The number of benzene rings is 2. The topological polar surface area (TPSA) is 65.2 Å². The van der Waals surface area contributed by atoms with Crippen molar-refractivity contribution >= 4 is 16.3 Å². The summed E-state index contributed by atoms with van der Waals surface area (Å²) in [6, 6.07) is 19.8. The second kappa shape index (κ2) is 6.62. The van der Waals surface area contributed by atoms with Gasteiger partial charge < -0.3 is 4.74 Å². The first kappa shape index (κ1) is 15.7. The van der Waals surface area contributed by atoms with Crippen molar-refractivity contribution in [2.45, 2.75) is 0 Å². The summed E-state index contributed by atoms with van der Waals surface area (Å²) in [6.45, 7) is 0. The van der Waals surface area contributed by atoms with Crippen LogP contribution in [-0.2, 0) is 0 Å². The van der Waals surface area contributed by atoms with Crippen LogP contribution >= 0.6 is 11.3 Å². The quantitative estimate of drug-likeness (QED) is 0.458. The fourth-order valence-corrected chi connectivity index (χ4v) is 3.43. The first-order valence-electron chi connectivity index (χ1n) is 8.32. The van der Waals surface area contributed by atoms with Gasteiger partial charge in [0.15, 0.2) is 11.6 Å². The van der Waals surface area contributed by atoms with Gasteiger partial charge in [-0.2, -0.15) is 0 Å². The Hall–Kier alpha value is -3.58. The van der Waals surface area contributed by atoms with Crippen molar-refractivity contribution in [3.8, 4) is 33.6 Å². The van der Waals surface area contributed by atoms with Gasteiger partial charge in [0.05, 0.1) is 24.3 Å². The molecule has 3 heterocycles. The van der Waals surface area contributed by atoms with Gasteiger partial charge in [0, 0.05) is 11.1 Å². The predicted octanol–water partition coefficient (Wildman–Crippen LogP) is 4.71. The second-order valence-corrected chi connectivity index (χ2v) is 6.72. The Labute approximate surface area is 158 Å². The van der Waals surface area contributed by atoms with E-state index < -0.39 is 0 Å². The molecule has 130 valence electrons. The molecular weight excluding hydrogens is 358 g/mol. The van der Waals surface area contributed by atoms with Crippen molar-refractivity contribution in [3.05, 3.63) is 79.3 Å². The van der Waals surface area contributed by atoms with Gasteiger partial charge in [0.2, 0.25) is 4.96 Å². The molecule has 0 N–H and O–H groups in total. The van der Waals surface area contributed by atoms with Gasteiger partial charge in [0.25, 0.3) is 5.19 Å². The Kier molecular flexibility index (Phi) is 3.84. The lowest BCUT2D eigenvalue weighted by Gasteiger charge is -2.02. The molecule has 27 heavy (non-hydrogen) atoms. The lowest BCUT2D eigenvalue weighted by molar-refractivity contribution is 0.466. The highest BCUT2D eigenvalue weighted by Crippen LogP contribution is 2.29. The van der Waals surface area contributed by atoms with Gasteiger partial charge in [-0.1, -0.05) is 60.7 Å². The van der Waals surface area contributed by atoms with Crippen LogP contribution in [0.4, 0.5) is 0 Å². The molecule has 0 aliphatic heterocycles. The fraction of sp³-hybridized carbons (Fsp3) is 0. The molecule has 0 saturated heterocycles. The van der Waals surface area contributed by atoms with Gasteiger partial charge in [0.1, 0.15) is 0 Å². The molecule has 6 nitrogen and oxygen atoms in total. The summed E-state index contributed by atoms with van der Waals surface area (Å²) in [5, 5.41) is 4.92. The first-order chi connectivity index (χ1) is 13.3. The molecule has 0 amide bonds. The summed E-state index contributed by atoms with van der Waals surface area (Å²) >= 11 is 1.37. The van der Waals surface area contributed by atoms with E-state index in [1.54, 1.807) is 16.9 Å². The van der Waals surface area contributed by atoms with E-state index in [4.69, 9.17) is 4.74 Å². The van der Waals surface area contributed by atoms with Crippen LogP contribution in [0.3, 0.4) is 0 Å². The minimum atomic E-state index is 0.494. The maximum Gasteiger partial charge on any atom is 0.299 e. The average molecular weight is 371 g/mol. The van der Waals surface area contributed by atoms with E-state index >= 15 is 0 Å². The van der Waals surface area contributed by atoms with E-state index in [1.807, 2.05) is 66.9 Å². The van der Waals surface area contributed by atoms with Crippen LogP contribution in [-0.4, -0.2) is 24.6 Å². The Morgan fingerprint density at radius 3 is 2.15 bits per heavy atom. The summed E-state index contributed by atoms with van der Waals surface area (Å²) in [6.07, 6.45) is 5.19. The van der Waals surface area contributed by atoms with Crippen LogP contribution in [0.5, 0.6) is 10.9 Å². The molecule has 7 heteroatoms. The maximum absolute atomic E-state index is 5.78. The zero-order valence-corrected chi connectivity index (χ0v) is 14.9. The van der Waals surface area contributed by atoms with Crippen molar-refractivity contribution < 1.29 is 4.74 Å². The molecule has 5 rings (SSSR count). The number of imidazole rings is 1. The van der Waals surface area contributed by atoms with Crippen molar-refractivity contribution in [1.29, 1.82) is 0 Å². The van der Waals surface area contributed by atoms with E-state index in [0.717, 1.165) is 21.8 Å². The molecule has 0 saturated carbocycles. The van der Waals surface area contributed by atoms with Crippen molar-refractivity contribution in [2.75, 3.05) is 0 Å². The zero-order chi connectivity index (χ0) is 18.1. The first-order valence-corrected chi connectivity index (χ1v) is 9.14. The standard InChI is InChI=1S/C20H13N5OS/c1-3-7-14(8-4-1)17-13-25-19(23-17)27-20(24-25)26-16-11-21-18(22-12-16)15-9-5-2-6-10-15/h1-13H. The maximum atomic E-state index is 5.78. The summed E-state index contributed by atoms with van der Waals surface area (Å²) < 4.78 is 7.50. The Balaban J connectivity index is 1.36. The highest BCUT2D eigenvalue weighted by molar-refractivity contribution is 7.18. The highest BCUT2D eigenvalue weighted by Gasteiger charge is 2.11. The van der Waals surface area contributed by atoms with Crippen LogP contribution in [0, 0.1) is 0 Å². The van der Waals surface area contributed by atoms with Crippen LogP contribution in [0.2, 0.25) is 0 Å². The summed E-state index contributed by atoms with van der Waals surface area (Å²) in [5.41, 5.74) is 2.91. The third kappa shape index (κ3) is 3.16. The number of hydrogen-bond donors (Lipinski definition) is 0. The molecule has 0 aliphatic rings. The van der Waals surface area contributed by atoms with Crippen molar-refractivity contribution in [3.63, 3.8) is 0 Å². The van der Waals surface area contributed by atoms with Gasteiger partial charge >= 0.3 is 0 Å². The van der Waals surface area contributed by atoms with E-state index in [1.165, 1.54) is 11.3 Å². The molecule has 0 bridgehead atoms. The van der Waals surface area contributed by atoms with E-state index in [0.29, 0.717) is 16.8 Å². The SMILES string of the molecule is c1ccc(-c2cn3nc(Oc4cnc(-c5ccccc5)nc4)sc3n2)cc1. The molecule has 0 radical (unpaired) electrons. The summed E-state index contributed by atoms with van der Waals surface area (Å²) in [4.78, 5) is 14.1. The average Bonchev–Trinajstić information content (AvgIpc) is 3.29. The predicted molar refractivity (Wildman–Crippen MR) is 104 cm³/mol. The number of fused-ring (bicyclic) bond motifs is 1. The van der Waals surface area contributed by atoms with E-state index in [9.17, 15) is 0 Å². The molecule has 3 aromatic heterocycles. The number of hydrogen-bond acceptors (Lipinski definition) is 6. The molecule has 0 unspecified atom stereocenters. The number of ether oxygens (including phenoxy) is 1. The smallest absolute Gasteiger partial charge is 0.299 e. The van der Waals surface area contributed by atoms with Gasteiger partial charge in [-0.3, -0.25) is 0 Å². The third-order valence-corrected chi connectivity index (χ3v) is 4.76. The van der Waals surface area contributed by atoms with Crippen molar-refractivity contribution in [2.24, 2.45) is 0 Å². The summed E-state index contributed by atoms with van der Waals surface area (Å²) in [7, 11) is 0. The molecule has 0 aliphatic carbocycles. The zero-order valence-electron chi connectivity index (χ0n) is 14.1. The van der Waals surface area contributed by atoms with E-state index in [2.05, 4.69) is 20.1 Å². The number of nitrogens with zero attached hydrogens (tertiary/aromatic N) is 5. The normalized spacial score (nSPS) is 11.0. The Morgan fingerprint density at radius 2 is 1.48 bits per heavy atom. The fourth-order valence-electron chi connectivity index (χ4n) is 2.68. The number of aromatic nitrogens is 5. The van der Waals surface area contributed by atoms with Crippen LogP contribution in [0.15, 0.2) is 79.3 Å². The van der Waals surface area contributed by atoms with Crippen molar-refractivity contribution in [1.82, 2.24) is 24.6 Å².